The molecular weight excluding hydrogens is 288 g/mol. The molecule has 2 saturated carbocycles. The third kappa shape index (κ3) is 1.45. The smallest absolute Gasteiger partial charge is 0.141 e. The van der Waals surface area contributed by atoms with Gasteiger partial charge in [0, 0.05) is 44.6 Å². The third-order valence-corrected chi connectivity index (χ3v) is 6.58. The second kappa shape index (κ2) is 4.17. The van der Waals surface area contributed by atoms with Crippen molar-refractivity contribution in [2.45, 2.75) is 61.6 Å². The van der Waals surface area contributed by atoms with Crippen molar-refractivity contribution in [3.63, 3.8) is 0 Å². The molecule has 0 aromatic rings. The highest BCUT2D eigenvalue weighted by molar-refractivity contribution is 5.87. The zero-order chi connectivity index (χ0) is 15.1. The van der Waals surface area contributed by atoms with Gasteiger partial charge in [0.25, 0.3) is 0 Å². The molecule has 0 radical (unpaired) electrons. The van der Waals surface area contributed by atoms with Gasteiger partial charge in [-0.3, -0.25) is 9.59 Å². The van der Waals surface area contributed by atoms with Gasteiger partial charge < -0.3 is 19.3 Å². The van der Waals surface area contributed by atoms with Crippen molar-refractivity contribution in [3.05, 3.63) is 0 Å². The van der Waals surface area contributed by atoms with Crippen LogP contribution < -0.4 is 0 Å². The Hall–Kier alpha value is -0.820. The summed E-state index contributed by atoms with van der Waals surface area (Å²) in [7, 11) is 0. The van der Waals surface area contributed by atoms with Crippen molar-refractivity contribution >= 4 is 11.6 Å². The van der Waals surface area contributed by atoms with Crippen molar-refractivity contribution in [1.82, 2.24) is 0 Å². The predicted molar refractivity (Wildman–Crippen MR) is 72.1 cm³/mol. The van der Waals surface area contributed by atoms with Crippen LogP contribution in [0.2, 0.25) is 0 Å². The van der Waals surface area contributed by atoms with E-state index in [2.05, 4.69) is 0 Å². The molecule has 3 heterocycles. The molecule has 0 amide bonds. The zero-order valence-electron chi connectivity index (χ0n) is 12.3. The first-order valence-electron chi connectivity index (χ1n) is 8.22. The molecule has 2 unspecified atom stereocenters. The fraction of sp³-hybridized carbons (Fsp3) is 0.875. The van der Waals surface area contributed by atoms with E-state index in [4.69, 9.17) is 14.2 Å². The first-order valence-corrected chi connectivity index (χ1v) is 8.22. The maximum absolute atomic E-state index is 12.7. The van der Waals surface area contributed by atoms with Gasteiger partial charge in [-0.1, -0.05) is 0 Å². The van der Waals surface area contributed by atoms with Crippen LogP contribution in [0.25, 0.3) is 0 Å². The molecule has 0 bridgehead atoms. The van der Waals surface area contributed by atoms with Crippen molar-refractivity contribution < 1.29 is 28.9 Å². The quantitative estimate of drug-likeness (QED) is 0.678. The Kier molecular flexibility index (Phi) is 2.58. The van der Waals surface area contributed by atoms with E-state index < -0.39 is 29.3 Å². The van der Waals surface area contributed by atoms with Gasteiger partial charge in [0.2, 0.25) is 0 Å². The average Bonchev–Trinajstić information content (AvgIpc) is 3.12. The summed E-state index contributed by atoms with van der Waals surface area (Å²) in [6.07, 6.45) is 0.882. The van der Waals surface area contributed by atoms with E-state index in [1.807, 2.05) is 0 Å². The minimum Gasteiger partial charge on any atom is -0.384 e. The van der Waals surface area contributed by atoms with Gasteiger partial charge in [-0.25, -0.2) is 0 Å². The Morgan fingerprint density at radius 2 is 1.77 bits per heavy atom. The molecule has 3 aliphatic heterocycles. The van der Waals surface area contributed by atoms with E-state index in [0.717, 1.165) is 0 Å². The minimum absolute atomic E-state index is 0.0730. The first-order chi connectivity index (χ1) is 10.5. The summed E-state index contributed by atoms with van der Waals surface area (Å²) in [4.78, 5) is 24.8. The lowest BCUT2D eigenvalue weighted by molar-refractivity contribution is -0.193. The average molecular weight is 308 g/mol. The summed E-state index contributed by atoms with van der Waals surface area (Å²) in [5.41, 5.74) is -1.66. The first kappa shape index (κ1) is 13.6. The number of carbonyl (C=O) groups is 2. The Balaban J connectivity index is 1.61. The number of aliphatic hydroxyl groups is 1. The fourth-order valence-corrected chi connectivity index (χ4v) is 5.56. The molecule has 22 heavy (non-hydrogen) atoms. The standard InChI is InChI=1S/C16H20O6/c17-8-5-9-13-10(18)7-11-15(19,1-3-20-11)14(13)22-16(9)2-4-21-12(16)6-8/h9,11-14,19H,1-7H2/t9?,11-,12-,13?,14+,15+,16-/m1/s1. The largest absolute Gasteiger partial charge is 0.384 e. The van der Waals surface area contributed by atoms with Gasteiger partial charge >= 0.3 is 0 Å². The van der Waals surface area contributed by atoms with E-state index in [1.165, 1.54) is 0 Å². The van der Waals surface area contributed by atoms with Crippen molar-refractivity contribution in [1.29, 1.82) is 0 Å². The Morgan fingerprint density at radius 3 is 2.64 bits per heavy atom. The zero-order valence-corrected chi connectivity index (χ0v) is 12.3. The number of rotatable bonds is 0. The van der Waals surface area contributed by atoms with Crippen molar-refractivity contribution in [3.8, 4) is 0 Å². The van der Waals surface area contributed by atoms with E-state index in [-0.39, 0.29) is 30.0 Å². The summed E-state index contributed by atoms with van der Waals surface area (Å²) >= 11 is 0. The molecule has 1 N–H and O–H groups in total. The summed E-state index contributed by atoms with van der Waals surface area (Å²) in [6, 6.07) is 0. The molecule has 6 nitrogen and oxygen atoms in total. The molecule has 6 heteroatoms. The molecule has 5 aliphatic rings. The van der Waals surface area contributed by atoms with Crippen LogP contribution in [0, 0.1) is 11.8 Å². The number of ketones is 2. The van der Waals surface area contributed by atoms with Crippen LogP contribution in [0.15, 0.2) is 0 Å². The molecule has 5 fully saturated rings. The van der Waals surface area contributed by atoms with Crippen LogP contribution in [0.1, 0.15) is 32.1 Å². The van der Waals surface area contributed by atoms with Gasteiger partial charge in [0.05, 0.1) is 30.8 Å². The monoisotopic (exact) mass is 308 g/mol. The normalized spacial score (nSPS) is 56.5. The Labute approximate surface area is 128 Å². The van der Waals surface area contributed by atoms with E-state index >= 15 is 0 Å². The van der Waals surface area contributed by atoms with Gasteiger partial charge in [-0.05, 0) is 0 Å². The highest BCUT2D eigenvalue weighted by Crippen LogP contribution is 2.59. The van der Waals surface area contributed by atoms with Gasteiger partial charge in [-0.2, -0.15) is 0 Å². The SMILES string of the molecule is O=C1CC2C3C(=O)C[C@H]4OCC[C@@]4(O)[C@H]3O[C@]23CCO[C@@H]3C1. The lowest BCUT2D eigenvalue weighted by Gasteiger charge is -2.41. The van der Waals surface area contributed by atoms with Crippen LogP contribution in [-0.4, -0.2) is 59.4 Å². The number of hydrogen-bond acceptors (Lipinski definition) is 6. The van der Waals surface area contributed by atoms with Crippen LogP contribution in [0.4, 0.5) is 0 Å². The van der Waals surface area contributed by atoms with Gasteiger partial charge in [0.1, 0.15) is 22.8 Å². The summed E-state index contributed by atoms with van der Waals surface area (Å²) in [6.45, 7) is 1.01. The van der Waals surface area contributed by atoms with Crippen LogP contribution in [0.3, 0.4) is 0 Å². The predicted octanol–water partition coefficient (Wildman–Crippen LogP) is 0.001000. The van der Waals surface area contributed by atoms with Crippen LogP contribution >= 0.6 is 0 Å². The highest BCUT2D eigenvalue weighted by atomic mass is 16.6. The lowest BCUT2D eigenvalue weighted by Crippen LogP contribution is -2.58. The molecule has 2 aliphatic carbocycles. The maximum atomic E-state index is 12.7. The molecule has 0 aromatic heterocycles. The number of ether oxygens (including phenoxy) is 3. The van der Waals surface area contributed by atoms with Crippen molar-refractivity contribution in [2.75, 3.05) is 13.2 Å². The number of carbonyl (C=O) groups excluding carboxylic acids is 2. The molecule has 7 atom stereocenters. The third-order valence-electron chi connectivity index (χ3n) is 6.58. The second-order valence-corrected chi connectivity index (χ2v) is 7.45. The Bertz CT molecular complexity index is 561. The van der Waals surface area contributed by atoms with Gasteiger partial charge in [0.15, 0.2) is 0 Å². The van der Waals surface area contributed by atoms with E-state index in [0.29, 0.717) is 38.9 Å². The molecule has 5 rings (SSSR count). The molecular formula is C16H20O6. The second-order valence-electron chi connectivity index (χ2n) is 7.45. The lowest BCUT2D eigenvalue weighted by atomic mass is 9.62. The summed E-state index contributed by atoms with van der Waals surface area (Å²) < 4.78 is 17.7. The van der Waals surface area contributed by atoms with Crippen LogP contribution in [0.5, 0.6) is 0 Å². The molecule has 0 aromatic carbocycles. The summed E-state index contributed by atoms with van der Waals surface area (Å²) in [5, 5.41) is 11.1. The Morgan fingerprint density at radius 1 is 1.00 bits per heavy atom. The molecule has 1 spiro atoms. The number of hydrogen-bond donors (Lipinski definition) is 1. The number of fused-ring (bicyclic) bond motifs is 4. The summed E-state index contributed by atoms with van der Waals surface area (Å²) in [5.74, 6) is -0.328. The van der Waals surface area contributed by atoms with Crippen LogP contribution in [-0.2, 0) is 23.8 Å². The minimum atomic E-state index is -1.10. The van der Waals surface area contributed by atoms with Crippen molar-refractivity contribution in [2.24, 2.45) is 11.8 Å². The molecule has 120 valence electrons. The van der Waals surface area contributed by atoms with E-state index in [9.17, 15) is 14.7 Å². The van der Waals surface area contributed by atoms with Gasteiger partial charge in [-0.15, -0.1) is 0 Å². The topological polar surface area (TPSA) is 82.1 Å². The maximum Gasteiger partial charge on any atom is 0.141 e. The molecule has 3 saturated heterocycles. The number of Topliss-reactive ketones (excluding diaryl/α,β-unsaturated/α-hetero) is 2. The fourth-order valence-electron chi connectivity index (χ4n) is 5.56. The van der Waals surface area contributed by atoms with E-state index in [1.54, 1.807) is 0 Å². The highest BCUT2D eigenvalue weighted by Gasteiger charge is 2.71.